The van der Waals surface area contributed by atoms with Gasteiger partial charge in [-0.05, 0) is 31.0 Å². The molecular formula is C10H11NO. The number of nitrogens with zero attached hydrogens (tertiary/aromatic N) is 1. The normalized spacial score (nSPS) is 10.9. The monoisotopic (exact) mass is 161 g/mol. The van der Waals surface area contributed by atoms with Crippen molar-refractivity contribution in [2.45, 2.75) is 20.8 Å². The molecule has 0 atom stereocenters. The maximum atomic E-state index is 5.44. The van der Waals surface area contributed by atoms with Crippen molar-refractivity contribution in [3.63, 3.8) is 0 Å². The third kappa shape index (κ3) is 0.998. The lowest BCUT2D eigenvalue weighted by molar-refractivity contribution is 0.559. The van der Waals surface area contributed by atoms with E-state index in [9.17, 15) is 0 Å². The molecule has 1 aromatic heterocycles. The van der Waals surface area contributed by atoms with Gasteiger partial charge in [-0.3, -0.25) is 0 Å². The smallest absolute Gasteiger partial charge is 0.192 e. The molecule has 12 heavy (non-hydrogen) atoms. The molecule has 0 aliphatic carbocycles. The molecule has 1 heterocycles. The second-order valence-electron chi connectivity index (χ2n) is 3.16. The van der Waals surface area contributed by atoms with Gasteiger partial charge in [-0.2, -0.15) is 0 Å². The highest BCUT2D eigenvalue weighted by molar-refractivity contribution is 5.77. The molecule has 0 N–H and O–H groups in total. The van der Waals surface area contributed by atoms with Crippen LogP contribution >= 0.6 is 0 Å². The number of aromatic nitrogens is 1. The Bertz CT molecular complexity index is 429. The van der Waals surface area contributed by atoms with E-state index < -0.39 is 0 Å². The third-order valence-electron chi connectivity index (χ3n) is 1.93. The van der Waals surface area contributed by atoms with E-state index in [0.717, 1.165) is 22.6 Å². The van der Waals surface area contributed by atoms with Crippen LogP contribution < -0.4 is 0 Å². The summed E-state index contributed by atoms with van der Waals surface area (Å²) < 4.78 is 5.44. The summed E-state index contributed by atoms with van der Waals surface area (Å²) in [5.74, 6) is 0.735. The van der Waals surface area contributed by atoms with E-state index in [1.165, 1.54) is 5.56 Å². The summed E-state index contributed by atoms with van der Waals surface area (Å²) in [5.41, 5.74) is 4.27. The van der Waals surface area contributed by atoms with Crippen molar-refractivity contribution in [2.24, 2.45) is 0 Å². The molecule has 1 aromatic carbocycles. The molecule has 2 aromatic rings. The number of hydrogen-bond acceptors (Lipinski definition) is 2. The molecule has 0 spiro atoms. The average Bonchev–Trinajstić information content (AvgIpc) is 2.29. The predicted molar refractivity (Wildman–Crippen MR) is 48.2 cm³/mol. The predicted octanol–water partition coefficient (Wildman–Crippen LogP) is 2.75. The number of hydrogen-bond donors (Lipinski definition) is 0. The van der Waals surface area contributed by atoms with Crippen molar-refractivity contribution in [1.29, 1.82) is 0 Å². The summed E-state index contributed by atoms with van der Waals surface area (Å²) in [7, 11) is 0. The van der Waals surface area contributed by atoms with Gasteiger partial charge < -0.3 is 4.42 Å². The van der Waals surface area contributed by atoms with E-state index in [1.807, 2.05) is 19.9 Å². The standard InChI is InChI=1S/C10H11NO/c1-6-4-7(2)10-9(5-6)11-8(3)12-10/h4-5H,1-3H3. The third-order valence-corrected chi connectivity index (χ3v) is 1.93. The zero-order valence-corrected chi connectivity index (χ0v) is 7.51. The second-order valence-corrected chi connectivity index (χ2v) is 3.16. The summed E-state index contributed by atoms with van der Waals surface area (Å²) in [6.45, 7) is 5.98. The SMILES string of the molecule is Cc1cc(C)c2oc(C)nc2c1. The van der Waals surface area contributed by atoms with Gasteiger partial charge in [0.1, 0.15) is 5.52 Å². The zero-order valence-electron chi connectivity index (χ0n) is 7.51. The van der Waals surface area contributed by atoms with Crippen molar-refractivity contribution in [2.75, 3.05) is 0 Å². The molecule has 0 unspecified atom stereocenters. The van der Waals surface area contributed by atoms with Gasteiger partial charge in [0.2, 0.25) is 0 Å². The number of fused-ring (bicyclic) bond motifs is 1. The van der Waals surface area contributed by atoms with Crippen LogP contribution in [0.3, 0.4) is 0 Å². The first-order valence-electron chi connectivity index (χ1n) is 4.01. The minimum atomic E-state index is 0.735. The first-order valence-corrected chi connectivity index (χ1v) is 4.01. The highest BCUT2D eigenvalue weighted by Crippen LogP contribution is 2.20. The number of benzene rings is 1. The fraction of sp³-hybridized carbons (Fsp3) is 0.300. The van der Waals surface area contributed by atoms with E-state index in [0.29, 0.717) is 0 Å². The Morgan fingerprint density at radius 3 is 2.67 bits per heavy atom. The molecule has 0 saturated heterocycles. The van der Waals surface area contributed by atoms with E-state index in [1.54, 1.807) is 0 Å². The van der Waals surface area contributed by atoms with Crippen LogP contribution in [-0.4, -0.2) is 4.98 Å². The van der Waals surface area contributed by atoms with Crippen molar-refractivity contribution in [3.05, 3.63) is 29.2 Å². The van der Waals surface area contributed by atoms with Gasteiger partial charge in [0.25, 0.3) is 0 Å². The lowest BCUT2D eigenvalue weighted by Gasteiger charge is -1.94. The first kappa shape index (κ1) is 7.35. The Morgan fingerprint density at radius 2 is 1.92 bits per heavy atom. The minimum Gasteiger partial charge on any atom is -0.441 e. The van der Waals surface area contributed by atoms with Crippen molar-refractivity contribution in [1.82, 2.24) is 4.98 Å². The molecule has 0 radical (unpaired) electrons. The van der Waals surface area contributed by atoms with Crippen LogP contribution in [0.4, 0.5) is 0 Å². The molecule has 2 rings (SSSR count). The van der Waals surface area contributed by atoms with Crippen LogP contribution in [0.25, 0.3) is 11.1 Å². The summed E-state index contributed by atoms with van der Waals surface area (Å²) in [5, 5.41) is 0. The quantitative estimate of drug-likeness (QED) is 0.593. The van der Waals surface area contributed by atoms with Crippen molar-refractivity contribution >= 4 is 11.1 Å². The van der Waals surface area contributed by atoms with Crippen LogP contribution in [0.15, 0.2) is 16.5 Å². The van der Waals surface area contributed by atoms with Crippen LogP contribution in [0.5, 0.6) is 0 Å². The Hall–Kier alpha value is -1.31. The number of aryl methyl sites for hydroxylation is 3. The maximum absolute atomic E-state index is 5.44. The topological polar surface area (TPSA) is 26.0 Å². The number of rotatable bonds is 0. The Labute approximate surface area is 71.2 Å². The van der Waals surface area contributed by atoms with Crippen LogP contribution in [0, 0.1) is 20.8 Å². The Kier molecular flexibility index (Phi) is 1.43. The molecule has 0 aliphatic rings. The average molecular weight is 161 g/mol. The lowest BCUT2D eigenvalue weighted by atomic mass is 10.1. The fourth-order valence-corrected chi connectivity index (χ4v) is 1.49. The van der Waals surface area contributed by atoms with Crippen molar-refractivity contribution in [3.8, 4) is 0 Å². The van der Waals surface area contributed by atoms with Crippen molar-refractivity contribution < 1.29 is 4.42 Å². The number of oxazole rings is 1. The molecule has 0 bridgehead atoms. The van der Waals surface area contributed by atoms with Gasteiger partial charge in [0.05, 0.1) is 0 Å². The van der Waals surface area contributed by atoms with E-state index in [4.69, 9.17) is 4.42 Å². The highest BCUT2D eigenvalue weighted by Gasteiger charge is 2.04. The Morgan fingerprint density at radius 1 is 1.17 bits per heavy atom. The van der Waals surface area contributed by atoms with Gasteiger partial charge in [0, 0.05) is 6.92 Å². The largest absolute Gasteiger partial charge is 0.441 e. The van der Waals surface area contributed by atoms with E-state index in [2.05, 4.69) is 18.0 Å². The molecule has 62 valence electrons. The molecule has 2 nitrogen and oxygen atoms in total. The van der Waals surface area contributed by atoms with Crippen LogP contribution in [0.2, 0.25) is 0 Å². The Balaban J connectivity index is 2.88. The fourth-order valence-electron chi connectivity index (χ4n) is 1.49. The van der Waals surface area contributed by atoms with E-state index >= 15 is 0 Å². The van der Waals surface area contributed by atoms with Gasteiger partial charge in [-0.1, -0.05) is 6.07 Å². The molecule has 0 amide bonds. The molecule has 0 aliphatic heterocycles. The van der Waals surface area contributed by atoms with E-state index in [-0.39, 0.29) is 0 Å². The maximum Gasteiger partial charge on any atom is 0.192 e. The van der Waals surface area contributed by atoms with Crippen LogP contribution in [-0.2, 0) is 0 Å². The van der Waals surface area contributed by atoms with Gasteiger partial charge in [-0.15, -0.1) is 0 Å². The second kappa shape index (κ2) is 2.34. The van der Waals surface area contributed by atoms with Gasteiger partial charge in [-0.25, -0.2) is 4.98 Å². The summed E-state index contributed by atoms with van der Waals surface area (Å²) in [4.78, 5) is 4.27. The molecule has 0 fully saturated rings. The summed E-state index contributed by atoms with van der Waals surface area (Å²) in [6.07, 6.45) is 0. The summed E-state index contributed by atoms with van der Waals surface area (Å²) >= 11 is 0. The molecular weight excluding hydrogens is 150 g/mol. The molecule has 0 saturated carbocycles. The lowest BCUT2D eigenvalue weighted by Crippen LogP contribution is -1.77. The highest BCUT2D eigenvalue weighted by atomic mass is 16.3. The summed E-state index contributed by atoms with van der Waals surface area (Å²) in [6, 6.07) is 4.14. The molecule has 2 heteroatoms. The van der Waals surface area contributed by atoms with Crippen LogP contribution in [0.1, 0.15) is 17.0 Å². The first-order chi connectivity index (χ1) is 5.66. The zero-order chi connectivity index (χ0) is 8.72. The van der Waals surface area contributed by atoms with Gasteiger partial charge in [0.15, 0.2) is 11.5 Å². The minimum absolute atomic E-state index is 0.735. The van der Waals surface area contributed by atoms with Gasteiger partial charge >= 0.3 is 0 Å².